The zero-order valence-corrected chi connectivity index (χ0v) is 9.20. The van der Waals surface area contributed by atoms with Crippen molar-refractivity contribution in [1.29, 1.82) is 0 Å². The summed E-state index contributed by atoms with van der Waals surface area (Å²) in [6, 6.07) is 0. The molecule has 2 N–H and O–H groups in total. The van der Waals surface area contributed by atoms with Crippen molar-refractivity contribution < 1.29 is 9.28 Å². The molecule has 0 radical (unpaired) electrons. The molecule has 0 heterocycles. The predicted octanol–water partition coefficient (Wildman–Crippen LogP) is 1.09. The highest BCUT2D eigenvalue weighted by molar-refractivity contribution is 5.84. The molecule has 0 bridgehead atoms. The van der Waals surface area contributed by atoms with Gasteiger partial charge in [-0.2, -0.15) is 0 Å². The summed E-state index contributed by atoms with van der Waals surface area (Å²) in [4.78, 5) is 9.47. The first-order valence-electron chi connectivity index (χ1n) is 4.35. The minimum Gasteiger partial charge on any atom is -0.366 e. The standard InChI is InChI=1S/C8H16N.C3H5NO/c1-5-7-9(3,4)8-6-2;1-2-3(4)5/h5-6H,1-2,7-8H2,3-4H3;2H,1H2,(H2,4,5)/q+1;. The fraction of sp³-hybridized carbons (Fsp3) is 0.364. The minimum atomic E-state index is -0.481. The molecule has 0 aromatic carbocycles. The van der Waals surface area contributed by atoms with Gasteiger partial charge in [0.15, 0.2) is 0 Å². The highest BCUT2D eigenvalue weighted by Crippen LogP contribution is 1.95. The van der Waals surface area contributed by atoms with Gasteiger partial charge in [-0.3, -0.25) is 4.79 Å². The SMILES string of the molecule is C=CC(N)=O.C=CC[N+](C)(C)CC=C. The van der Waals surface area contributed by atoms with Crippen molar-refractivity contribution in [2.24, 2.45) is 5.73 Å². The molecule has 0 atom stereocenters. The van der Waals surface area contributed by atoms with E-state index in [-0.39, 0.29) is 0 Å². The van der Waals surface area contributed by atoms with Crippen LogP contribution in [-0.4, -0.2) is 37.6 Å². The number of carbonyl (C=O) groups excluding carboxylic acids is 1. The minimum absolute atomic E-state index is 0.481. The van der Waals surface area contributed by atoms with E-state index in [2.05, 4.69) is 39.6 Å². The number of primary amides is 1. The lowest BCUT2D eigenvalue weighted by atomic mass is 10.4. The molecule has 14 heavy (non-hydrogen) atoms. The number of hydrogen-bond acceptors (Lipinski definition) is 1. The monoisotopic (exact) mass is 197 g/mol. The van der Waals surface area contributed by atoms with Crippen molar-refractivity contribution >= 4 is 5.91 Å². The third-order valence-corrected chi connectivity index (χ3v) is 1.45. The van der Waals surface area contributed by atoms with E-state index in [1.54, 1.807) is 0 Å². The van der Waals surface area contributed by atoms with E-state index in [1.165, 1.54) is 0 Å². The number of nitrogens with two attached hydrogens (primary N) is 1. The normalized spacial score (nSPS) is 9.29. The fourth-order valence-electron chi connectivity index (χ4n) is 0.774. The molecule has 3 nitrogen and oxygen atoms in total. The topological polar surface area (TPSA) is 43.1 Å². The van der Waals surface area contributed by atoms with Gasteiger partial charge in [-0.25, -0.2) is 0 Å². The number of amides is 1. The maximum absolute atomic E-state index is 9.47. The van der Waals surface area contributed by atoms with Crippen LogP contribution in [0.3, 0.4) is 0 Å². The van der Waals surface area contributed by atoms with Crippen LogP contribution in [0.1, 0.15) is 0 Å². The van der Waals surface area contributed by atoms with Gasteiger partial charge in [0.05, 0.1) is 27.2 Å². The first-order valence-corrected chi connectivity index (χ1v) is 4.35. The van der Waals surface area contributed by atoms with Gasteiger partial charge in [0.2, 0.25) is 5.91 Å². The Morgan fingerprint density at radius 1 is 1.21 bits per heavy atom. The van der Waals surface area contributed by atoms with Crippen LogP contribution in [0.4, 0.5) is 0 Å². The smallest absolute Gasteiger partial charge is 0.240 e. The molecule has 1 amide bonds. The Morgan fingerprint density at radius 2 is 1.50 bits per heavy atom. The molecule has 0 saturated heterocycles. The van der Waals surface area contributed by atoms with Gasteiger partial charge in [-0.1, -0.05) is 19.7 Å². The summed E-state index contributed by atoms with van der Waals surface area (Å²) in [6.07, 6.45) is 4.92. The van der Waals surface area contributed by atoms with Crippen molar-refractivity contribution in [1.82, 2.24) is 0 Å². The summed E-state index contributed by atoms with van der Waals surface area (Å²) in [5, 5.41) is 0. The van der Waals surface area contributed by atoms with E-state index in [1.807, 2.05) is 12.2 Å². The van der Waals surface area contributed by atoms with Crippen molar-refractivity contribution in [2.45, 2.75) is 0 Å². The van der Waals surface area contributed by atoms with Crippen LogP contribution in [0, 0.1) is 0 Å². The van der Waals surface area contributed by atoms with Gasteiger partial charge in [0.25, 0.3) is 0 Å². The second kappa shape index (κ2) is 8.26. The van der Waals surface area contributed by atoms with Crippen molar-refractivity contribution in [3.63, 3.8) is 0 Å². The van der Waals surface area contributed by atoms with E-state index in [9.17, 15) is 4.79 Å². The van der Waals surface area contributed by atoms with Gasteiger partial charge in [0, 0.05) is 0 Å². The Kier molecular flexibility index (Phi) is 8.93. The average molecular weight is 197 g/mol. The molecule has 0 rings (SSSR count). The third-order valence-electron chi connectivity index (χ3n) is 1.45. The lowest BCUT2D eigenvalue weighted by molar-refractivity contribution is -0.878. The predicted molar refractivity (Wildman–Crippen MR) is 61.6 cm³/mol. The van der Waals surface area contributed by atoms with Crippen LogP contribution >= 0.6 is 0 Å². The molecule has 0 aliphatic heterocycles. The second-order valence-corrected chi connectivity index (χ2v) is 3.48. The molecule has 0 aromatic rings. The number of carbonyl (C=O) groups is 1. The van der Waals surface area contributed by atoms with E-state index >= 15 is 0 Å². The van der Waals surface area contributed by atoms with E-state index in [0.717, 1.165) is 23.6 Å². The van der Waals surface area contributed by atoms with Crippen LogP contribution in [0.25, 0.3) is 0 Å². The molecular weight excluding hydrogens is 176 g/mol. The zero-order chi connectivity index (χ0) is 11.6. The zero-order valence-electron chi connectivity index (χ0n) is 9.20. The van der Waals surface area contributed by atoms with Gasteiger partial charge in [-0.15, -0.1) is 0 Å². The van der Waals surface area contributed by atoms with Gasteiger partial charge in [0.1, 0.15) is 0 Å². The Bertz CT molecular complexity index is 195. The Labute approximate surface area is 86.8 Å². The van der Waals surface area contributed by atoms with Crippen LogP contribution in [-0.2, 0) is 4.79 Å². The summed E-state index contributed by atoms with van der Waals surface area (Å²) >= 11 is 0. The van der Waals surface area contributed by atoms with E-state index < -0.39 is 5.91 Å². The molecule has 0 aliphatic rings. The van der Waals surface area contributed by atoms with Crippen LogP contribution in [0.5, 0.6) is 0 Å². The first-order chi connectivity index (χ1) is 6.39. The van der Waals surface area contributed by atoms with Crippen molar-refractivity contribution in [2.75, 3.05) is 27.2 Å². The van der Waals surface area contributed by atoms with Crippen molar-refractivity contribution in [3.05, 3.63) is 38.0 Å². The number of likely N-dealkylation sites (N-methyl/N-ethyl adjacent to an activating group) is 1. The molecule has 3 heteroatoms. The molecular formula is C11H21N2O+. The van der Waals surface area contributed by atoms with Crippen molar-refractivity contribution in [3.8, 4) is 0 Å². The maximum atomic E-state index is 9.47. The van der Waals surface area contributed by atoms with Gasteiger partial charge >= 0.3 is 0 Å². The molecule has 0 saturated carbocycles. The molecule has 0 fully saturated rings. The summed E-state index contributed by atoms with van der Waals surface area (Å²) in [6.45, 7) is 12.5. The van der Waals surface area contributed by atoms with Gasteiger partial charge < -0.3 is 10.2 Å². The highest BCUT2D eigenvalue weighted by atomic mass is 16.1. The summed E-state index contributed by atoms with van der Waals surface area (Å²) in [5.41, 5.74) is 4.53. The van der Waals surface area contributed by atoms with Crippen LogP contribution < -0.4 is 5.73 Å². The molecule has 80 valence electrons. The van der Waals surface area contributed by atoms with E-state index in [0.29, 0.717) is 0 Å². The lowest BCUT2D eigenvalue weighted by Crippen LogP contribution is -2.39. The van der Waals surface area contributed by atoms with E-state index in [4.69, 9.17) is 0 Å². The number of rotatable bonds is 5. The third kappa shape index (κ3) is 13.3. The summed E-state index contributed by atoms with van der Waals surface area (Å²) in [5.74, 6) is -0.481. The van der Waals surface area contributed by atoms with Gasteiger partial charge in [-0.05, 0) is 18.2 Å². The maximum Gasteiger partial charge on any atom is 0.240 e. The molecule has 0 spiro atoms. The highest BCUT2D eigenvalue weighted by Gasteiger charge is 2.07. The Hall–Kier alpha value is -1.35. The molecule has 0 aromatic heterocycles. The number of quaternary nitrogens is 1. The largest absolute Gasteiger partial charge is 0.366 e. The Morgan fingerprint density at radius 3 is 1.64 bits per heavy atom. The summed E-state index contributed by atoms with van der Waals surface area (Å²) < 4.78 is 0.951. The molecule has 0 aliphatic carbocycles. The quantitative estimate of drug-likeness (QED) is 0.400. The fourth-order valence-corrected chi connectivity index (χ4v) is 0.774. The lowest BCUT2D eigenvalue weighted by Gasteiger charge is -2.26. The average Bonchev–Trinajstić information content (AvgIpc) is 2.05. The number of nitrogens with zero attached hydrogens (tertiary/aromatic N) is 1. The number of hydrogen-bond donors (Lipinski definition) is 1. The van der Waals surface area contributed by atoms with Crippen LogP contribution in [0.2, 0.25) is 0 Å². The first kappa shape index (κ1) is 15.1. The Balaban J connectivity index is 0. The van der Waals surface area contributed by atoms with Crippen LogP contribution in [0.15, 0.2) is 38.0 Å². The summed E-state index contributed by atoms with van der Waals surface area (Å²) in [7, 11) is 4.31. The second-order valence-electron chi connectivity index (χ2n) is 3.48. The molecule has 0 unspecified atom stereocenters.